The monoisotopic (exact) mass is 311 g/mol. The van der Waals surface area contributed by atoms with Gasteiger partial charge in [0, 0.05) is 24.7 Å². The van der Waals surface area contributed by atoms with Crippen LogP contribution in [-0.2, 0) is 19.4 Å². The summed E-state index contributed by atoms with van der Waals surface area (Å²) in [6, 6.07) is 10.4. The maximum Gasteiger partial charge on any atom is 0.161 e. The van der Waals surface area contributed by atoms with Gasteiger partial charge in [-0.3, -0.25) is 4.90 Å². The first kappa shape index (κ1) is 14.4. The minimum Gasteiger partial charge on any atom is -0.508 e. The maximum absolute atomic E-state index is 10.1. The Kier molecular flexibility index (Phi) is 3.42. The molecule has 0 aliphatic carbocycles. The van der Waals surface area contributed by atoms with E-state index in [1.807, 2.05) is 6.07 Å². The molecule has 2 heterocycles. The van der Waals surface area contributed by atoms with Gasteiger partial charge >= 0.3 is 0 Å². The van der Waals surface area contributed by atoms with Crippen molar-refractivity contribution < 1.29 is 14.6 Å². The molecule has 0 saturated heterocycles. The Labute approximate surface area is 136 Å². The molecule has 4 heteroatoms. The molecule has 0 bridgehead atoms. The van der Waals surface area contributed by atoms with Crippen molar-refractivity contribution in [2.75, 3.05) is 20.8 Å². The number of phenolic OH excluding ortho intramolecular Hbond substituents is 1. The number of methoxy groups -OCH3 is 2. The number of hydrogen-bond acceptors (Lipinski definition) is 4. The quantitative estimate of drug-likeness (QED) is 0.925. The molecule has 0 radical (unpaired) electrons. The average molecular weight is 311 g/mol. The fourth-order valence-electron chi connectivity index (χ4n) is 3.91. The third-order valence-corrected chi connectivity index (χ3v) is 5.14. The molecule has 0 fully saturated rings. The van der Waals surface area contributed by atoms with Gasteiger partial charge in [0.2, 0.25) is 0 Å². The van der Waals surface area contributed by atoms with E-state index in [-0.39, 0.29) is 0 Å². The lowest BCUT2D eigenvalue weighted by molar-refractivity contribution is 0.158. The summed E-state index contributed by atoms with van der Waals surface area (Å²) in [5.41, 5.74) is 4.98. The van der Waals surface area contributed by atoms with Crippen molar-refractivity contribution in [3.05, 3.63) is 52.6 Å². The fourth-order valence-corrected chi connectivity index (χ4v) is 3.91. The van der Waals surface area contributed by atoms with Crippen LogP contribution in [0.3, 0.4) is 0 Å². The van der Waals surface area contributed by atoms with Gasteiger partial charge in [-0.2, -0.15) is 0 Å². The van der Waals surface area contributed by atoms with Gasteiger partial charge in [0.25, 0.3) is 0 Å². The van der Waals surface area contributed by atoms with E-state index >= 15 is 0 Å². The Bertz CT molecular complexity index is 757. The van der Waals surface area contributed by atoms with Crippen LogP contribution in [0.4, 0.5) is 0 Å². The van der Waals surface area contributed by atoms with Crippen LogP contribution in [0.15, 0.2) is 30.3 Å². The number of benzene rings is 2. The summed E-state index contributed by atoms with van der Waals surface area (Å²) in [7, 11) is 3.36. The number of rotatable bonds is 2. The molecule has 2 aromatic rings. The highest BCUT2D eigenvalue weighted by atomic mass is 16.5. The standard InChI is InChI=1S/C19H21NO3/c1-22-18-9-13-6-7-20-11-15-12(4-3-5-17(15)21)8-16(20)14(13)10-19(18)23-2/h3-5,9-10,16,21H,6-8,11H2,1-2H3/t16-/m1/s1. The van der Waals surface area contributed by atoms with Crippen molar-refractivity contribution in [2.24, 2.45) is 0 Å². The second-order valence-electron chi connectivity index (χ2n) is 6.26. The largest absolute Gasteiger partial charge is 0.508 e. The van der Waals surface area contributed by atoms with Crippen molar-refractivity contribution in [1.82, 2.24) is 4.90 Å². The van der Waals surface area contributed by atoms with Crippen LogP contribution in [0, 0.1) is 0 Å². The highest BCUT2D eigenvalue weighted by Gasteiger charge is 2.33. The Hall–Kier alpha value is -2.20. The fraction of sp³-hybridized carbons (Fsp3) is 0.368. The van der Waals surface area contributed by atoms with E-state index in [4.69, 9.17) is 9.47 Å². The van der Waals surface area contributed by atoms with Gasteiger partial charge in [-0.25, -0.2) is 0 Å². The van der Waals surface area contributed by atoms with E-state index in [0.29, 0.717) is 11.8 Å². The number of phenols is 1. The Morgan fingerprint density at radius 3 is 2.65 bits per heavy atom. The van der Waals surface area contributed by atoms with Crippen molar-refractivity contribution in [2.45, 2.75) is 25.4 Å². The van der Waals surface area contributed by atoms with E-state index in [1.165, 1.54) is 16.7 Å². The molecule has 0 unspecified atom stereocenters. The second kappa shape index (κ2) is 5.46. The minimum absolute atomic E-state index is 0.341. The summed E-state index contributed by atoms with van der Waals surface area (Å²) in [5, 5.41) is 10.1. The van der Waals surface area contributed by atoms with E-state index in [0.717, 1.165) is 43.0 Å². The third-order valence-electron chi connectivity index (χ3n) is 5.14. The summed E-state index contributed by atoms with van der Waals surface area (Å²) in [5.74, 6) is 2.00. The zero-order valence-corrected chi connectivity index (χ0v) is 13.5. The lowest BCUT2D eigenvalue weighted by atomic mass is 9.83. The van der Waals surface area contributed by atoms with Crippen LogP contribution in [0.5, 0.6) is 17.2 Å². The predicted molar refractivity (Wildman–Crippen MR) is 88.2 cm³/mol. The Morgan fingerprint density at radius 2 is 1.87 bits per heavy atom. The number of hydrogen-bond donors (Lipinski definition) is 1. The van der Waals surface area contributed by atoms with Crippen LogP contribution in [0.25, 0.3) is 0 Å². The van der Waals surface area contributed by atoms with Gasteiger partial charge in [-0.1, -0.05) is 12.1 Å². The minimum atomic E-state index is 0.341. The lowest BCUT2D eigenvalue weighted by Crippen LogP contribution is -2.39. The zero-order chi connectivity index (χ0) is 16.0. The van der Waals surface area contributed by atoms with Crippen LogP contribution in [0.1, 0.15) is 28.3 Å². The van der Waals surface area contributed by atoms with Crippen molar-refractivity contribution >= 4 is 0 Å². The van der Waals surface area contributed by atoms with Crippen molar-refractivity contribution in [3.63, 3.8) is 0 Å². The van der Waals surface area contributed by atoms with Gasteiger partial charge < -0.3 is 14.6 Å². The first-order valence-electron chi connectivity index (χ1n) is 8.00. The summed E-state index contributed by atoms with van der Waals surface area (Å²) in [6.07, 6.45) is 1.92. The molecular weight excluding hydrogens is 290 g/mol. The molecule has 23 heavy (non-hydrogen) atoms. The molecule has 4 nitrogen and oxygen atoms in total. The second-order valence-corrected chi connectivity index (χ2v) is 6.26. The number of fused-ring (bicyclic) bond motifs is 4. The van der Waals surface area contributed by atoms with Crippen LogP contribution < -0.4 is 9.47 Å². The molecule has 0 spiro atoms. The molecule has 1 atom stereocenters. The van der Waals surface area contributed by atoms with E-state index in [2.05, 4.69) is 23.1 Å². The Balaban J connectivity index is 1.78. The van der Waals surface area contributed by atoms with Gasteiger partial charge in [0.05, 0.1) is 14.2 Å². The molecule has 2 aromatic carbocycles. The smallest absolute Gasteiger partial charge is 0.161 e. The summed E-state index contributed by atoms with van der Waals surface area (Å²) in [4.78, 5) is 2.45. The van der Waals surface area contributed by atoms with Crippen molar-refractivity contribution in [1.29, 1.82) is 0 Å². The molecule has 0 amide bonds. The predicted octanol–water partition coefficient (Wildman–Crippen LogP) is 3.06. The molecule has 1 N–H and O–H groups in total. The number of nitrogens with zero attached hydrogens (tertiary/aromatic N) is 1. The van der Waals surface area contributed by atoms with E-state index < -0.39 is 0 Å². The highest BCUT2D eigenvalue weighted by molar-refractivity contribution is 5.51. The first-order chi connectivity index (χ1) is 11.2. The first-order valence-corrected chi connectivity index (χ1v) is 8.00. The van der Waals surface area contributed by atoms with Crippen LogP contribution in [0.2, 0.25) is 0 Å². The topological polar surface area (TPSA) is 41.9 Å². The van der Waals surface area contributed by atoms with Gasteiger partial charge in [-0.05, 0) is 47.7 Å². The summed E-state index contributed by atoms with van der Waals surface area (Å²) < 4.78 is 10.9. The summed E-state index contributed by atoms with van der Waals surface area (Å²) >= 11 is 0. The number of ether oxygens (including phenoxy) is 2. The van der Waals surface area contributed by atoms with E-state index in [1.54, 1.807) is 20.3 Å². The van der Waals surface area contributed by atoms with Gasteiger partial charge in [0.1, 0.15) is 5.75 Å². The number of aromatic hydroxyl groups is 1. The highest BCUT2D eigenvalue weighted by Crippen LogP contribution is 2.43. The molecule has 0 aromatic heterocycles. The molecule has 0 saturated carbocycles. The molecule has 2 aliphatic rings. The average Bonchev–Trinajstić information content (AvgIpc) is 2.59. The summed E-state index contributed by atoms with van der Waals surface area (Å²) in [6.45, 7) is 1.81. The Morgan fingerprint density at radius 1 is 1.09 bits per heavy atom. The van der Waals surface area contributed by atoms with Gasteiger partial charge in [0.15, 0.2) is 11.5 Å². The van der Waals surface area contributed by atoms with Crippen molar-refractivity contribution in [3.8, 4) is 17.2 Å². The van der Waals surface area contributed by atoms with Gasteiger partial charge in [-0.15, -0.1) is 0 Å². The lowest BCUT2D eigenvalue weighted by Gasteiger charge is -2.41. The molecular formula is C19H21NO3. The van der Waals surface area contributed by atoms with E-state index in [9.17, 15) is 5.11 Å². The zero-order valence-electron chi connectivity index (χ0n) is 13.5. The SMILES string of the molecule is COc1cc2c(cc1OC)[C@H]1Cc3cccc(O)c3CN1CC2. The van der Waals surface area contributed by atoms with Crippen LogP contribution >= 0.6 is 0 Å². The normalized spacial score (nSPS) is 19.5. The van der Waals surface area contributed by atoms with Crippen LogP contribution in [-0.4, -0.2) is 30.8 Å². The third kappa shape index (κ3) is 2.25. The maximum atomic E-state index is 10.1. The molecule has 2 aliphatic heterocycles. The molecule has 120 valence electrons. The molecule has 4 rings (SSSR count).